The van der Waals surface area contributed by atoms with Gasteiger partial charge in [-0.25, -0.2) is 10.8 Å². The molecule has 9 heteroatoms. The van der Waals surface area contributed by atoms with Crippen molar-refractivity contribution in [3.63, 3.8) is 0 Å². The van der Waals surface area contributed by atoms with Gasteiger partial charge in [-0.05, 0) is 6.92 Å². The Bertz CT molecular complexity index is 398. The molecule has 6 nitrogen and oxygen atoms in total. The molecule has 0 saturated carbocycles. The van der Waals surface area contributed by atoms with Gasteiger partial charge in [0, 0.05) is 19.2 Å². The van der Waals surface area contributed by atoms with E-state index in [1.807, 2.05) is 5.43 Å². The molecule has 0 radical (unpaired) electrons. The summed E-state index contributed by atoms with van der Waals surface area (Å²) in [4.78, 5) is 8.55. The van der Waals surface area contributed by atoms with Crippen LogP contribution in [0.3, 0.4) is 0 Å². The predicted molar refractivity (Wildman–Crippen MR) is 59.8 cm³/mol. The smallest absolute Gasteiger partial charge is 0.395 e. The van der Waals surface area contributed by atoms with E-state index in [1.54, 1.807) is 6.92 Å². The van der Waals surface area contributed by atoms with E-state index in [0.717, 1.165) is 6.07 Å². The second kappa shape index (κ2) is 5.83. The summed E-state index contributed by atoms with van der Waals surface area (Å²) in [6, 6.07) is 0.819. The van der Waals surface area contributed by atoms with Gasteiger partial charge in [0.2, 0.25) is 5.95 Å². The van der Waals surface area contributed by atoms with E-state index in [2.05, 4.69) is 9.97 Å². The number of aromatic nitrogens is 2. The Labute approximate surface area is 102 Å². The predicted octanol–water partition coefficient (Wildman–Crippen LogP) is 0.600. The zero-order chi connectivity index (χ0) is 13.8. The molecule has 0 atom stereocenters. The number of anilines is 2. The number of nitrogen functional groups attached to an aromatic ring is 1. The molecule has 0 aromatic carbocycles. The Balaban J connectivity index is 3.18. The largest absolute Gasteiger partial charge is 0.433 e. The quantitative estimate of drug-likeness (QED) is 0.534. The van der Waals surface area contributed by atoms with E-state index in [9.17, 15) is 13.2 Å². The highest BCUT2D eigenvalue weighted by Gasteiger charge is 2.34. The van der Waals surface area contributed by atoms with Crippen LogP contribution in [-0.4, -0.2) is 34.8 Å². The minimum atomic E-state index is -4.58. The average molecular weight is 265 g/mol. The monoisotopic (exact) mass is 265 g/mol. The fourth-order valence-corrected chi connectivity index (χ4v) is 1.36. The van der Waals surface area contributed by atoms with Gasteiger partial charge in [0.05, 0.1) is 6.61 Å². The molecule has 0 aliphatic heterocycles. The highest BCUT2D eigenvalue weighted by molar-refractivity contribution is 5.45. The fraction of sp³-hybridized carbons (Fsp3) is 0.556. The van der Waals surface area contributed by atoms with Crippen molar-refractivity contribution in [3.8, 4) is 0 Å². The van der Waals surface area contributed by atoms with Gasteiger partial charge >= 0.3 is 6.18 Å². The first kappa shape index (κ1) is 14.5. The molecule has 4 N–H and O–H groups in total. The molecule has 102 valence electrons. The fourth-order valence-electron chi connectivity index (χ4n) is 1.36. The summed E-state index contributed by atoms with van der Waals surface area (Å²) in [6.45, 7) is 2.12. The van der Waals surface area contributed by atoms with E-state index < -0.39 is 11.9 Å². The van der Waals surface area contributed by atoms with Crippen molar-refractivity contribution in [3.05, 3.63) is 11.8 Å². The molecule has 1 heterocycles. The lowest BCUT2D eigenvalue weighted by Gasteiger charge is -2.22. The Hall–Kier alpha value is -1.61. The number of hydrazine groups is 1. The van der Waals surface area contributed by atoms with Crippen LogP contribution in [0.4, 0.5) is 24.9 Å². The molecular weight excluding hydrogens is 251 g/mol. The van der Waals surface area contributed by atoms with Gasteiger partial charge in [-0.15, -0.1) is 0 Å². The average Bonchev–Trinajstić information content (AvgIpc) is 2.34. The molecule has 0 saturated heterocycles. The van der Waals surface area contributed by atoms with Crippen LogP contribution in [0.25, 0.3) is 0 Å². The normalized spacial score (nSPS) is 11.4. The number of nitrogens with two attached hydrogens (primary N) is 1. The lowest BCUT2D eigenvalue weighted by molar-refractivity contribution is -0.141. The lowest BCUT2D eigenvalue weighted by Crippen LogP contribution is -2.28. The van der Waals surface area contributed by atoms with Crippen LogP contribution in [-0.2, 0) is 6.18 Å². The summed E-state index contributed by atoms with van der Waals surface area (Å²) < 4.78 is 37.8. The van der Waals surface area contributed by atoms with Crippen LogP contribution in [0.5, 0.6) is 0 Å². The van der Waals surface area contributed by atoms with Crippen LogP contribution in [0.1, 0.15) is 12.6 Å². The first-order valence-electron chi connectivity index (χ1n) is 5.21. The number of halogens is 3. The van der Waals surface area contributed by atoms with E-state index in [-0.39, 0.29) is 24.9 Å². The van der Waals surface area contributed by atoms with Crippen molar-refractivity contribution in [1.29, 1.82) is 0 Å². The van der Waals surface area contributed by atoms with Crippen LogP contribution < -0.4 is 16.2 Å². The maximum Gasteiger partial charge on any atom is 0.433 e. The summed E-state index contributed by atoms with van der Waals surface area (Å²) in [7, 11) is 0. The molecule has 1 rings (SSSR count). The number of hydrogen-bond donors (Lipinski definition) is 3. The minimum Gasteiger partial charge on any atom is -0.395 e. The Morgan fingerprint density at radius 1 is 1.44 bits per heavy atom. The van der Waals surface area contributed by atoms with Crippen molar-refractivity contribution in [1.82, 2.24) is 9.97 Å². The summed E-state index contributed by atoms with van der Waals surface area (Å²) in [5.41, 5.74) is 0.903. The van der Waals surface area contributed by atoms with E-state index in [0.29, 0.717) is 6.54 Å². The number of alkyl halides is 3. The number of nitrogens with zero attached hydrogens (tertiary/aromatic N) is 3. The van der Waals surface area contributed by atoms with Crippen molar-refractivity contribution in [2.45, 2.75) is 13.1 Å². The molecule has 0 aliphatic rings. The zero-order valence-corrected chi connectivity index (χ0v) is 9.70. The van der Waals surface area contributed by atoms with E-state index in [4.69, 9.17) is 10.9 Å². The van der Waals surface area contributed by atoms with Crippen molar-refractivity contribution in [2.24, 2.45) is 5.84 Å². The number of nitrogens with one attached hydrogen (secondary N) is 1. The minimum absolute atomic E-state index is 0.0572. The molecule has 0 aliphatic carbocycles. The molecule has 0 bridgehead atoms. The maximum absolute atomic E-state index is 12.6. The first-order valence-corrected chi connectivity index (χ1v) is 5.21. The van der Waals surface area contributed by atoms with Crippen LogP contribution in [0.15, 0.2) is 6.07 Å². The first-order chi connectivity index (χ1) is 8.42. The van der Waals surface area contributed by atoms with Crippen LogP contribution >= 0.6 is 0 Å². The second-order valence-corrected chi connectivity index (χ2v) is 3.38. The highest BCUT2D eigenvalue weighted by atomic mass is 19.4. The van der Waals surface area contributed by atoms with Crippen LogP contribution in [0, 0.1) is 0 Å². The van der Waals surface area contributed by atoms with Crippen molar-refractivity contribution in [2.75, 3.05) is 30.0 Å². The number of rotatable bonds is 5. The molecular formula is C9H14F3N5O. The molecule has 1 aromatic heterocycles. The third-order valence-electron chi connectivity index (χ3n) is 2.21. The third kappa shape index (κ3) is 3.44. The lowest BCUT2D eigenvalue weighted by atomic mass is 10.3. The molecule has 18 heavy (non-hydrogen) atoms. The number of aliphatic hydroxyl groups is 1. The zero-order valence-electron chi connectivity index (χ0n) is 9.70. The van der Waals surface area contributed by atoms with Gasteiger partial charge in [-0.2, -0.15) is 18.2 Å². The number of aliphatic hydroxyl groups excluding tert-OH is 1. The van der Waals surface area contributed by atoms with E-state index >= 15 is 0 Å². The molecule has 0 spiro atoms. The third-order valence-corrected chi connectivity index (χ3v) is 2.21. The van der Waals surface area contributed by atoms with Gasteiger partial charge in [0.25, 0.3) is 0 Å². The SMILES string of the molecule is CCN(CCO)c1cc(C(F)(F)F)nc(NN)n1. The Kier molecular flexibility index (Phi) is 4.68. The van der Waals surface area contributed by atoms with Gasteiger partial charge < -0.3 is 10.0 Å². The van der Waals surface area contributed by atoms with E-state index in [1.165, 1.54) is 4.90 Å². The number of likely N-dealkylation sites (N-methyl/N-ethyl adjacent to an activating group) is 1. The maximum atomic E-state index is 12.6. The van der Waals surface area contributed by atoms with Crippen molar-refractivity contribution >= 4 is 11.8 Å². The van der Waals surface area contributed by atoms with Crippen molar-refractivity contribution < 1.29 is 18.3 Å². The topological polar surface area (TPSA) is 87.3 Å². The van der Waals surface area contributed by atoms with Gasteiger partial charge in [0.1, 0.15) is 5.82 Å². The molecule has 0 amide bonds. The standard InChI is InChI=1S/C9H14F3N5O/c1-2-17(3-4-18)7-5-6(9(10,11)12)14-8(15-7)16-13/h5,18H,2-4,13H2,1H3,(H,14,15,16). The number of hydrogen-bond acceptors (Lipinski definition) is 6. The Morgan fingerprint density at radius 3 is 2.56 bits per heavy atom. The summed E-state index contributed by atoms with van der Waals surface area (Å²) in [6.07, 6.45) is -4.58. The van der Waals surface area contributed by atoms with Crippen LogP contribution in [0.2, 0.25) is 0 Å². The summed E-state index contributed by atoms with van der Waals surface area (Å²) in [5.74, 6) is 4.77. The summed E-state index contributed by atoms with van der Waals surface area (Å²) in [5, 5.41) is 8.84. The molecule has 0 unspecified atom stereocenters. The summed E-state index contributed by atoms with van der Waals surface area (Å²) >= 11 is 0. The molecule has 1 aromatic rings. The molecule has 0 fully saturated rings. The van der Waals surface area contributed by atoms with Gasteiger partial charge in [0.15, 0.2) is 5.69 Å². The van der Waals surface area contributed by atoms with Gasteiger partial charge in [-0.1, -0.05) is 0 Å². The highest BCUT2D eigenvalue weighted by Crippen LogP contribution is 2.30. The Morgan fingerprint density at radius 2 is 2.11 bits per heavy atom. The van der Waals surface area contributed by atoms with Gasteiger partial charge in [-0.3, -0.25) is 5.43 Å². The second-order valence-electron chi connectivity index (χ2n) is 3.38.